The second-order valence-corrected chi connectivity index (χ2v) is 9.74. The van der Waals surface area contributed by atoms with Crippen LogP contribution in [0, 0.1) is 34.5 Å². The van der Waals surface area contributed by atoms with Crippen LogP contribution < -0.4 is 0 Å². The lowest BCUT2D eigenvalue weighted by molar-refractivity contribution is -0.135. The first kappa shape index (κ1) is 15.9. The van der Waals surface area contributed by atoms with E-state index in [2.05, 4.69) is 26.8 Å². The van der Waals surface area contributed by atoms with Crippen molar-refractivity contribution < 1.29 is 9.90 Å². The van der Waals surface area contributed by atoms with E-state index in [0.717, 1.165) is 30.8 Å². The first-order chi connectivity index (χ1) is 10.7. The van der Waals surface area contributed by atoms with Gasteiger partial charge in [0.2, 0.25) is 0 Å². The highest BCUT2D eigenvalue weighted by Gasteiger charge is 2.62. The van der Waals surface area contributed by atoms with Gasteiger partial charge < -0.3 is 5.11 Å². The molecule has 3 saturated carbocycles. The van der Waals surface area contributed by atoms with Gasteiger partial charge >= 0.3 is 0 Å². The van der Waals surface area contributed by atoms with E-state index < -0.39 is 5.60 Å². The van der Waals surface area contributed by atoms with Gasteiger partial charge in [-0.3, -0.25) is 4.79 Å². The molecule has 0 aromatic heterocycles. The average Bonchev–Trinajstić information content (AvgIpc) is 2.71. The molecule has 0 amide bonds. The largest absolute Gasteiger partial charge is 0.390 e. The number of hydrogen-bond donors (Lipinski definition) is 1. The molecule has 4 aliphatic carbocycles. The van der Waals surface area contributed by atoms with Gasteiger partial charge in [0, 0.05) is 6.42 Å². The van der Waals surface area contributed by atoms with Crippen molar-refractivity contribution >= 4 is 5.78 Å². The second-order valence-electron chi connectivity index (χ2n) is 9.74. The summed E-state index contributed by atoms with van der Waals surface area (Å²) in [4.78, 5) is 12.2. The normalized spacial score (nSPS) is 55.7. The molecule has 4 rings (SSSR count). The van der Waals surface area contributed by atoms with Crippen LogP contribution in [0.15, 0.2) is 11.6 Å². The minimum atomic E-state index is -0.491. The van der Waals surface area contributed by atoms with Crippen LogP contribution in [0.4, 0.5) is 0 Å². The molecule has 0 aromatic carbocycles. The Balaban J connectivity index is 1.71. The molecule has 0 radical (unpaired) electrons. The van der Waals surface area contributed by atoms with Crippen molar-refractivity contribution in [2.24, 2.45) is 34.5 Å². The molecule has 0 bridgehead atoms. The van der Waals surface area contributed by atoms with Gasteiger partial charge in [-0.1, -0.05) is 19.9 Å². The van der Waals surface area contributed by atoms with Gasteiger partial charge in [0.05, 0.1) is 5.60 Å². The predicted molar refractivity (Wildman–Crippen MR) is 91.9 cm³/mol. The lowest BCUT2D eigenvalue weighted by atomic mass is 9.45. The lowest BCUT2D eigenvalue weighted by Crippen LogP contribution is -2.55. The predicted octanol–water partition coefficient (Wildman–Crippen LogP) is 4.52. The van der Waals surface area contributed by atoms with E-state index in [1.807, 2.05) is 6.92 Å². The lowest BCUT2D eigenvalue weighted by Gasteiger charge is -2.59. The van der Waals surface area contributed by atoms with E-state index in [9.17, 15) is 9.90 Å². The number of allylic oxidation sites excluding steroid dienone is 2. The highest BCUT2D eigenvalue weighted by Crippen LogP contribution is 2.67. The average molecular weight is 316 g/mol. The fourth-order valence-electron chi connectivity index (χ4n) is 7.19. The molecule has 3 fully saturated rings. The van der Waals surface area contributed by atoms with Crippen LogP contribution in [0.1, 0.15) is 72.6 Å². The van der Waals surface area contributed by atoms with Gasteiger partial charge in [-0.2, -0.15) is 0 Å². The topological polar surface area (TPSA) is 37.3 Å². The molecule has 0 aliphatic heterocycles. The summed E-state index contributed by atoms with van der Waals surface area (Å²) in [5, 5.41) is 11.0. The zero-order valence-electron chi connectivity index (χ0n) is 15.2. The van der Waals surface area contributed by atoms with E-state index in [0.29, 0.717) is 23.5 Å². The van der Waals surface area contributed by atoms with Crippen molar-refractivity contribution in [1.82, 2.24) is 0 Å². The molecule has 128 valence electrons. The number of aliphatic hydroxyl groups is 1. The van der Waals surface area contributed by atoms with Crippen LogP contribution in [-0.2, 0) is 4.79 Å². The molecule has 0 heterocycles. The maximum Gasteiger partial charge on any atom is 0.158 e. The van der Waals surface area contributed by atoms with Crippen molar-refractivity contribution in [3.05, 3.63) is 11.6 Å². The van der Waals surface area contributed by atoms with E-state index in [-0.39, 0.29) is 10.8 Å². The van der Waals surface area contributed by atoms with Crippen LogP contribution in [0.2, 0.25) is 0 Å². The molecule has 23 heavy (non-hydrogen) atoms. The highest BCUT2D eigenvalue weighted by atomic mass is 16.3. The van der Waals surface area contributed by atoms with Crippen molar-refractivity contribution in [3.8, 4) is 0 Å². The fourth-order valence-corrected chi connectivity index (χ4v) is 7.19. The van der Waals surface area contributed by atoms with Gasteiger partial charge in [-0.25, -0.2) is 0 Å². The Labute approximate surface area is 140 Å². The maximum atomic E-state index is 12.2. The van der Waals surface area contributed by atoms with Crippen molar-refractivity contribution in [2.45, 2.75) is 78.2 Å². The Hall–Kier alpha value is -0.630. The number of ketones is 1. The van der Waals surface area contributed by atoms with Gasteiger partial charge in [0.1, 0.15) is 0 Å². The van der Waals surface area contributed by atoms with Crippen LogP contribution >= 0.6 is 0 Å². The number of Topliss-reactive ketones (excluding diaryl/α,β-unsaturated/α-hetero) is 1. The van der Waals surface area contributed by atoms with Gasteiger partial charge in [-0.05, 0) is 92.4 Å². The van der Waals surface area contributed by atoms with Gasteiger partial charge in [0.25, 0.3) is 0 Å². The molecule has 0 saturated heterocycles. The molecule has 2 nitrogen and oxygen atoms in total. The summed E-state index contributed by atoms with van der Waals surface area (Å²) in [6, 6.07) is 0. The van der Waals surface area contributed by atoms with Gasteiger partial charge in [0.15, 0.2) is 5.78 Å². The third kappa shape index (κ3) is 1.94. The van der Waals surface area contributed by atoms with E-state index in [1.54, 1.807) is 0 Å². The summed E-state index contributed by atoms with van der Waals surface area (Å²) in [6.45, 7) is 8.87. The molecule has 1 N–H and O–H groups in total. The van der Waals surface area contributed by atoms with Crippen LogP contribution in [0.3, 0.4) is 0 Å². The molecular weight excluding hydrogens is 284 g/mol. The van der Waals surface area contributed by atoms with Crippen LogP contribution in [0.25, 0.3) is 0 Å². The summed E-state index contributed by atoms with van der Waals surface area (Å²) >= 11 is 0. The molecule has 7 atom stereocenters. The Morgan fingerprint density at radius 2 is 1.74 bits per heavy atom. The monoisotopic (exact) mass is 316 g/mol. The minimum absolute atomic E-state index is 0.0978. The second kappa shape index (κ2) is 4.71. The number of carbonyl (C=O) groups excluding carboxylic acids is 1. The maximum absolute atomic E-state index is 12.2. The molecule has 2 heteroatoms. The van der Waals surface area contributed by atoms with Crippen molar-refractivity contribution in [3.63, 3.8) is 0 Å². The smallest absolute Gasteiger partial charge is 0.158 e. The van der Waals surface area contributed by atoms with E-state index >= 15 is 0 Å². The Morgan fingerprint density at radius 1 is 1.04 bits per heavy atom. The Morgan fingerprint density at radius 3 is 2.48 bits per heavy atom. The number of hydrogen-bond acceptors (Lipinski definition) is 2. The summed E-state index contributed by atoms with van der Waals surface area (Å²) < 4.78 is 0. The number of fused-ring (bicyclic) bond motifs is 5. The Bertz CT molecular complexity index is 574. The van der Waals surface area contributed by atoms with Crippen LogP contribution in [0.5, 0.6) is 0 Å². The van der Waals surface area contributed by atoms with Gasteiger partial charge in [-0.15, -0.1) is 0 Å². The van der Waals surface area contributed by atoms with Crippen LogP contribution in [-0.4, -0.2) is 16.5 Å². The molecule has 0 unspecified atom stereocenters. The highest BCUT2D eigenvalue weighted by molar-refractivity contribution is 5.96. The molecule has 4 aliphatic rings. The zero-order chi connectivity index (χ0) is 16.6. The Kier molecular flexibility index (Phi) is 3.25. The summed E-state index contributed by atoms with van der Waals surface area (Å²) in [7, 11) is 0. The summed E-state index contributed by atoms with van der Waals surface area (Å²) in [5.74, 6) is 3.03. The quantitative estimate of drug-likeness (QED) is 0.713. The molecule has 0 aromatic rings. The SMILES string of the molecule is CC1=C[C@@]2(C)[C@@H](CC[C@@H]3[C@@H]2CC[C@@]2(C)[C@H]3CC[C@]2(C)O)CC1=O. The van der Waals surface area contributed by atoms with E-state index in [4.69, 9.17) is 0 Å². The summed E-state index contributed by atoms with van der Waals surface area (Å²) in [5.41, 5.74) is 0.808. The zero-order valence-corrected chi connectivity index (χ0v) is 15.2. The third-order valence-electron chi connectivity index (χ3n) is 8.93. The van der Waals surface area contributed by atoms with E-state index in [1.165, 1.54) is 25.7 Å². The first-order valence-electron chi connectivity index (χ1n) is 9.64. The number of carbonyl (C=O) groups is 1. The third-order valence-corrected chi connectivity index (χ3v) is 8.93. The fraction of sp³-hybridized carbons (Fsp3) is 0.857. The van der Waals surface area contributed by atoms with Crippen molar-refractivity contribution in [2.75, 3.05) is 0 Å². The summed E-state index contributed by atoms with van der Waals surface area (Å²) in [6.07, 6.45) is 10.1. The standard InChI is InChI=1S/C21H32O2/c1-13-12-19(2)14(11-18(13)22)5-6-15-16(19)7-9-20(3)17(15)8-10-21(20,4)23/h12,14-17,23H,5-11H2,1-4H3/t14-,15+,16-,17-,19-,20-,21-/m0/s1. The number of rotatable bonds is 0. The van der Waals surface area contributed by atoms with Crippen molar-refractivity contribution in [1.29, 1.82) is 0 Å². The first-order valence-corrected chi connectivity index (χ1v) is 9.64. The molecule has 0 spiro atoms. The molecular formula is C21H32O2. The minimum Gasteiger partial charge on any atom is -0.390 e.